The van der Waals surface area contributed by atoms with Crippen LogP contribution in [0.15, 0.2) is 51.5 Å². The quantitative estimate of drug-likeness (QED) is 0.631. The van der Waals surface area contributed by atoms with Gasteiger partial charge in [-0.3, -0.25) is 4.79 Å². The van der Waals surface area contributed by atoms with Gasteiger partial charge in [-0.1, -0.05) is 33.2 Å². The Morgan fingerprint density at radius 1 is 1.27 bits per heavy atom. The molecule has 0 aliphatic heterocycles. The number of rotatable bonds is 5. The first kappa shape index (κ1) is 18.1. The number of nitrogens with one attached hydrogen (secondary N) is 1. The third-order valence-corrected chi connectivity index (χ3v) is 4.25. The molecule has 0 aliphatic carbocycles. The molecule has 1 amide bonds. The fraction of sp³-hybridized carbons (Fsp3) is 0.158. The Morgan fingerprint density at radius 3 is 2.81 bits per heavy atom. The van der Waals surface area contributed by atoms with Crippen molar-refractivity contribution >= 4 is 27.5 Å². The average Bonchev–Trinajstić information content (AvgIpc) is 2.96. The second kappa shape index (κ2) is 7.70. The molecule has 0 fully saturated rings. The summed E-state index contributed by atoms with van der Waals surface area (Å²) in [5.74, 6) is 0.0337. The molecular formula is C19H16BrFN2O3. The summed E-state index contributed by atoms with van der Waals surface area (Å²) in [6.45, 7) is 3.77. The molecule has 7 heteroatoms. The predicted molar refractivity (Wildman–Crippen MR) is 98.8 cm³/mol. The van der Waals surface area contributed by atoms with Gasteiger partial charge >= 0.3 is 0 Å². The number of halogens is 2. The Hall–Kier alpha value is -2.67. The van der Waals surface area contributed by atoms with Crippen LogP contribution in [-0.4, -0.2) is 11.1 Å². The average molecular weight is 419 g/mol. The lowest BCUT2D eigenvalue weighted by molar-refractivity contribution is 0.101. The van der Waals surface area contributed by atoms with E-state index in [0.717, 1.165) is 5.56 Å². The van der Waals surface area contributed by atoms with Crippen LogP contribution >= 0.6 is 15.9 Å². The third kappa shape index (κ3) is 4.11. The van der Waals surface area contributed by atoms with Crippen molar-refractivity contribution in [1.82, 2.24) is 5.16 Å². The topological polar surface area (TPSA) is 64.4 Å². The van der Waals surface area contributed by atoms with E-state index in [0.29, 0.717) is 21.5 Å². The lowest BCUT2D eigenvalue weighted by Gasteiger charge is -2.08. The molecule has 26 heavy (non-hydrogen) atoms. The maximum atomic E-state index is 13.9. The number of hydrogen-bond acceptors (Lipinski definition) is 4. The van der Waals surface area contributed by atoms with Crippen molar-refractivity contribution in [3.8, 4) is 5.75 Å². The first-order valence-corrected chi connectivity index (χ1v) is 8.64. The van der Waals surface area contributed by atoms with Gasteiger partial charge in [-0.25, -0.2) is 4.39 Å². The van der Waals surface area contributed by atoms with Gasteiger partial charge in [0.05, 0.1) is 11.3 Å². The van der Waals surface area contributed by atoms with Crippen LogP contribution in [0.2, 0.25) is 0 Å². The highest BCUT2D eigenvalue weighted by Gasteiger charge is 2.21. The fourth-order valence-corrected chi connectivity index (χ4v) is 2.71. The van der Waals surface area contributed by atoms with E-state index < -0.39 is 11.7 Å². The van der Waals surface area contributed by atoms with E-state index in [2.05, 4.69) is 26.4 Å². The van der Waals surface area contributed by atoms with Crippen LogP contribution in [0.25, 0.3) is 0 Å². The molecule has 0 bridgehead atoms. The molecule has 3 aromatic rings. The molecule has 0 spiro atoms. The molecule has 0 atom stereocenters. The van der Waals surface area contributed by atoms with E-state index in [9.17, 15) is 9.18 Å². The van der Waals surface area contributed by atoms with Gasteiger partial charge in [0.15, 0.2) is 5.69 Å². The summed E-state index contributed by atoms with van der Waals surface area (Å²) in [5.41, 5.74) is 1.71. The van der Waals surface area contributed by atoms with Gasteiger partial charge in [0.2, 0.25) is 0 Å². The van der Waals surface area contributed by atoms with E-state index in [1.54, 1.807) is 13.0 Å². The Labute approximate surface area is 158 Å². The van der Waals surface area contributed by atoms with Gasteiger partial charge in [0.1, 0.15) is 23.9 Å². The maximum absolute atomic E-state index is 13.9. The molecule has 1 N–H and O–H groups in total. The van der Waals surface area contributed by atoms with Crippen LogP contribution < -0.4 is 10.1 Å². The molecule has 1 aromatic heterocycles. The number of carbonyl (C=O) groups is 1. The number of aryl methyl sites for hydroxylation is 2. The lowest BCUT2D eigenvalue weighted by Crippen LogP contribution is -2.16. The number of carbonyl (C=O) groups excluding carboxylic acids is 1. The summed E-state index contributed by atoms with van der Waals surface area (Å²) in [6, 6.07) is 11.9. The number of ether oxygens (including phenoxy) is 1. The van der Waals surface area contributed by atoms with Crippen LogP contribution in [0.1, 0.15) is 27.4 Å². The molecule has 0 aliphatic rings. The van der Waals surface area contributed by atoms with Gasteiger partial charge in [0.25, 0.3) is 5.91 Å². The van der Waals surface area contributed by atoms with Crippen LogP contribution in [0.5, 0.6) is 5.75 Å². The first-order valence-electron chi connectivity index (χ1n) is 7.85. The smallest absolute Gasteiger partial charge is 0.278 e. The first-order chi connectivity index (χ1) is 12.4. The zero-order valence-electron chi connectivity index (χ0n) is 14.2. The highest BCUT2D eigenvalue weighted by Crippen LogP contribution is 2.22. The van der Waals surface area contributed by atoms with Crippen LogP contribution in [0, 0.1) is 19.7 Å². The second-order valence-electron chi connectivity index (χ2n) is 5.75. The summed E-state index contributed by atoms with van der Waals surface area (Å²) in [7, 11) is 0. The van der Waals surface area contributed by atoms with Crippen LogP contribution in [-0.2, 0) is 6.61 Å². The van der Waals surface area contributed by atoms with Crippen molar-refractivity contribution in [2.45, 2.75) is 20.5 Å². The van der Waals surface area contributed by atoms with Gasteiger partial charge < -0.3 is 14.6 Å². The number of amides is 1. The molecule has 3 rings (SSSR count). The monoisotopic (exact) mass is 418 g/mol. The summed E-state index contributed by atoms with van der Waals surface area (Å²) in [5, 5.41) is 6.29. The van der Waals surface area contributed by atoms with Crippen molar-refractivity contribution < 1.29 is 18.4 Å². The second-order valence-corrected chi connectivity index (χ2v) is 6.67. The molecule has 5 nitrogen and oxygen atoms in total. The van der Waals surface area contributed by atoms with E-state index in [1.807, 2.05) is 31.2 Å². The summed E-state index contributed by atoms with van der Waals surface area (Å²) in [6.07, 6.45) is 0. The predicted octanol–water partition coefficient (Wildman–Crippen LogP) is 5.02. The SMILES string of the molecule is Cc1cccc(OCc2c(C(=O)Nc3ccc(Br)cc3F)noc2C)c1. The third-order valence-electron chi connectivity index (χ3n) is 3.75. The van der Waals surface area contributed by atoms with Gasteiger partial charge in [-0.05, 0) is 49.7 Å². The molecule has 0 saturated heterocycles. The Bertz CT molecular complexity index is 956. The number of benzene rings is 2. The van der Waals surface area contributed by atoms with Crippen molar-refractivity contribution in [2.75, 3.05) is 5.32 Å². The molecule has 0 saturated carbocycles. The van der Waals surface area contributed by atoms with Crippen molar-refractivity contribution in [2.24, 2.45) is 0 Å². The summed E-state index contributed by atoms with van der Waals surface area (Å²) >= 11 is 3.17. The minimum Gasteiger partial charge on any atom is -0.489 e. The molecule has 134 valence electrons. The molecular weight excluding hydrogens is 403 g/mol. The number of anilines is 1. The molecule has 0 unspecified atom stereocenters. The zero-order valence-corrected chi connectivity index (χ0v) is 15.8. The molecule has 1 heterocycles. The number of hydrogen-bond donors (Lipinski definition) is 1. The largest absolute Gasteiger partial charge is 0.489 e. The van der Waals surface area contributed by atoms with Crippen LogP contribution in [0.4, 0.5) is 10.1 Å². The molecule has 0 radical (unpaired) electrons. The maximum Gasteiger partial charge on any atom is 0.278 e. The van der Waals surface area contributed by atoms with Crippen molar-refractivity contribution in [1.29, 1.82) is 0 Å². The molecule has 2 aromatic carbocycles. The van der Waals surface area contributed by atoms with Crippen LogP contribution in [0.3, 0.4) is 0 Å². The standard InChI is InChI=1S/C19H16BrFN2O3/c1-11-4-3-5-14(8-11)25-10-15-12(2)26-23-18(15)19(24)22-17-7-6-13(20)9-16(17)21/h3-9H,10H2,1-2H3,(H,22,24). The Morgan fingerprint density at radius 2 is 2.08 bits per heavy atom. The Kier molecular flexibility index (Phi) is 5.37. The minimum atomic E-state index is -0.564. The van der Waals surface area contributed by atoms with Crippen molar-refractivity contribution in [3.63, 3.8) is 0 Å². The van der Waals surface area contributed by atoms with Crippen molar-refractivity contribution in [3.05, 3.63) is 75.3 Å². The zero-order chi connectivity index (χ0) is 18.7. The van der Waals surface area contributed by atoms with Gasteiger partial charge in [-0.15, -0.1) is 0 Å². The minimum absolute atomic E-state index is 0.0596. The summed E-state index contributed by atoms with van der Waals surface area (Å²) < 4.78 is 25.4. The van der Waals surface area contributed by atoms with Gasteiger partial charge in [0, 0.05) is 4.47 Å². The van der Waals surface area contributed by atoms with E-state index >= 15 is 0 Å². The van der Waals surface area contributed by atoms with E-state index in [4.69, 9.17) is 9.26 Å². The highest BCUT2D eigenvalue weighted by molar-refractivity contribution is 9.10. The normalized spacial score (nSPS) is 10.6. The fourth-order valence-electron chi connectivity index (χ4n) is 2.37. The number of aromatic nitrogens is 1. The van der Waals surface area contributed by atoms with E-state index in [1.165, 1.54) is 12.1 Å². The summed E-state index contributed by atoms with van der Waals surface area (Å²) in [4.78, 5) is 12.5. The lowest BCUT2D eigenvalue weighted by atomic mass is 10.2. The Balaban J connectivity index is 1.77. The highest BCUT2D eigenvalue weighted by atomic mass is 79.9. The van der Waals surface area contributed by atoms with Gasteiger partial charge in [-0.2, -0.15) is 0 Å². The van der Waals surface area contributed by atoms with E-state index in [-0.39, 0.29) is 18.0 Å². The number of nitrogens with zero attached hydrogens (tertiary/aromatic N) is 1.